The summed E-state index contributed by atoms with van der Waals surface area (Å²) in [5.74, 6) is -1.97. The molecule has 1 amide bonds. The molecule has 7 nitrogen and oxygen atoms in total. The lowest BCUT2D eigenvalue weighted by Gasteiger charge is -2.47. The van der Waals surface area contributed by atoms with Crippen molar-refractivity contribution in [2.75, 3.05) is 32.5 Å². The van der Waals surface area contributed by atoms with Crippen LogP contribution in [0.4, 0.5) is 5.69 Å². The second kappa shape index (κ2) is 10.3. The maximum absolute atomic E-state index is 12.5. The summed E-state index contributed by atoms with van der Waals surface area (Å²) >= 11 is 5.99. The third kappa shape index (κ3) is 5.50. The number of likely N-dealkylation sites (N-methyl/N-ethyl adjacent to an activating group) is 1. The molecule has 4 N–H and O–H groups in total. The van der Waals surface area contributed by atoms with E-state index < -0.39 is 28.9 Å². The van der Waals surface area contributed by atoms with Gasteiger partial charge >= 0.3 is 0 Å². The highest BCUT2D eigenvalue weighted by molar-refractivity contribution is 6.30. The number of anilines is 1. The molecule has 0 aromatic heterocycles. The van der Waals surface area contributed by atoms with Crippen molar-refractivity contribution in [2.45, 2.75) is 31.1 Å². The van der Waals surface area contributed by atoms with Gasteiger partial charge in [0.05, 0.1) is 0 Å². The van der Waals surface area contributed by atoms with Crippen molar-refractivity contribution in [1.82, 2.24) is 10.2 Å². The minimum Gasteiger partial charge on any atom is -0.378 e. The van der Waals surface area contributed by atoms with Gasteiger partial charge in [0, 0.05) is 41.2 Å². The van der Waals surface area contributed by atoms with Crippen LogP contribution in [0.2, 0.25) is 5.02 Å². The van der Waals surface area contributed by atoms with Crippen LogP contribution >= 0.6 is 11.6 Å². The van der Waals surface area contributed by atoms with Crippen LogP contribution in [0.25, 0.3) is 0 Å². The molecular weight excluding hydrogens is 454 g/mol. The highest BCUT2D eigenvalue weighted by Gasteiger charge is 2.52. The Bertz CT molecular complexity index is 1050. The molecule has 34 heavy (non-hydrogen) atoms. The number of hydrogen-bond donors (Lipinski definition) is 4. The SMILES string of the molecule is CC(=O)C1(O)C=C[C@](O)(Nc2ccc(Cl)cc2)C(c2ccc(C(=O)NCCN(C)C)cc2)[C@@H]1C. The summed E-state index contributed by atoms with van der Waals surface area (Å²) < 4.78 is 0. The van der Waals surface area contributed by atoms with E-state index in [2.05, 4.69) is 10.6 Å². The van der Waals surface area contributed by atoms with E-state index in [4.69, 9.17) is 11.6 Å². The van der Waals surface area contributed by atoms with E-state index in [9.17, 15) is 19.8 Å². The molecule has 0 bridgehead atoms. The van der Waals surface area contributed by atoms with Crippen molar-refractivity contribution in [3.05, 3.63) is 76.8 Å². The normalized spacial score (nSPS) is 26.4. The predicted octanol–water partition coefficient (Wildman–Crippen LogP) is 3.04. The van der Waals surface area contributed by atoms with Crippen molar-refractivity contribution in [1.29, 1.82) is 0 Å². The summed E-state index contributed by atoms with van der Waals surface area (Å²) in [6.45, 7) is 4.30. The zero-order valence-electron chi connectivity index (χ0n) is 19.9. The number of Topliss-reactive ketones (excluding diaryl/α,β-unsaturated/α-hetero) is 1. The minimum absolute atomic E-state index is 0.195. The van der Waals surface area contributed by atoms with E-state index in [-0.39, 0.29) is 5.91 Å². The first kappa shape index (κ1) is 25.9. The molecule has 1 aliphatic rings. The number of nitrogens with zero attached hydrogens (tertiary/aromatic N) is 1. The zero-order valence-corrected chi connectivity index (χ0v) is 20.6. The molecule has 1 aliphatic carbocycles. The molecule has 4 atom stereocenters. The number of amides is 1. The van der Waals surface area contributed by atoms with Crippen LogP contribution in [0.3, 0.4) is 0 Å². The highest BCUT2D eigenvalue weighted by atomic mass is 35.5. The summed E-state index contributed by atoms with van der Waals surface area (Å²) in [5.41, 5.74) is -1.56. The summed E-state index contributed by atoms with van der Waals surface area (Å²) in [5, 5.41) is 29.4. The number of hydrogen-bond acceptors (Lipinski definition) is 6. The maximum Gasteiger partial charge on any atom is 0.251 e. The predicted molar refractivity (Wildman–Crippen MR) is 134 cm³/mol. The summed E-state index contributed by atoms with van der Waals surface area (Å²) in [4.78, 5) is 26.8. The van der Waals surface area contributed by atoms with E-state index in [1.807, 2.05) is 19.0 Å². The quantitative estimate of drug-likeness (QED) is 0.338. The molecule has 0 aliphatic heterocycles. The third-order valence-electron chi connectivity index (χ3n) is 6.39. The first-order chi connectivity index (χ1) is 16.0. The van der Waals surface area contributed by atoms with Gasteiger partial charge in [0.25, 0.3) is 5.91 Å². The Morgan fingerprint density at radius 1 is 1.03 bits per heavy atom. The number of nitrogens with one attached hydrogen (secondary N) is 2. The Kier molecular flexibility index (Phi) is 7.83. The standard InChI is InChI=1S/C26H32ClN3O4/c1-17-23(19-5-7-20(8-6-19)24(32)28-15-16-30(3)4)26(34,14-13-25(17,33)18(2)31)29-22-11-9-21(27)10-12-22/h5-14,17,23,29,33-34H,15-16H2,1-4H3,(H,28,32)/t17-,23?,25?,26+/m0/s1. The first-order valence-electron chi connectivity index (χ1n) is 11.2. The summed E-state index contributed by atoms with van der Waals surface area (Å²) in [6, 6.07) is 13.7. The number of rotatable bonds is 8. The second-order valence-electron chi connectivity index (χ2n) is 9.12. The molecule has 3 rings (SSSR count). The largest absolute Gasteiger partial charge is 0.378 e. The van der Waals surface area contributed by atoms with Crippen LogP contribution in [0.15, 0.2) is 60.7 Å². The lowest BCUT2D eigenvalue weighted by Crippen LogP contribution is -2.56. The van der Waals surface area contributed by atoms with E-state index in [0.29, 0.717) is 28.4 Å². The molecular formula is C26H32ClN3O4. The molecule has 0 radical (unpaired) electrons. The van der Waals surface area contributed by atoms with Crippen LogP contribution < -0.4 is 10.6 Å². The molecule has 0 spiro atoms. The Morgan fingerprint density at radius 3 is 2.21 bits per heavy atom. The van der Waals surface area contributed by atoms with Gasteiger partial charge in [-0.05, 0) is 75.1 Å². The second-order valence-corrected chi connectivity index (χ2v) is 9.56. The van der Waals surface area contributed by atoms with Gasteiger partial charge in [0.1, 0.15) is 5.60 Å². The summed E-state index contributed by atoms with van der Waals surface area (Å²) in [6.07, 6.45) is 2.78. The number of halogens is 1. The molecule has 0 saturated carbocycles. The number of benzene rings is 2. The van der Waals surface area contributed by atoms with Crippen molar-refractivity contribution in [3.8, 4) is 0 Å². The van der Waals surface area contributed by atoms with Crippen molar-refractivity contribution in [3.63, 3.8) is 0 Å². The van der Waals surface area contributed by atoms with Gasteiger partial charge in [0.2, 0.25) is 0 Å². The average molecular weight is 486 g/mol. The minimum atomic E-state index is -1.74. The fraction of sp³-hybridized carbons (Fsp3) is 0.385. The van der Waals surface area contributed by atoms with Gasteiger partial charge in [-0.25, -0.2) is 0 Å². The van der Waals surface area contributed by atoms with Gasteiger partial charge in [-0.3, -0.25) is 9.59 Å². The number of carbonyl (C=O) groups is 2. The van der Waals surface area contributed by atoms with Crippen molar-refractivity contribution < 1.29 is 19.8 Å². The fourth-order valence-electron chi connectivity index (χ4n) is 4.35. The van der Waals surface area contributed by atoms with Crippen LogP contribution in [-0.4, -0.2) is 65.3 Å². The third-order valence-corrected chi connectivity index (χ3v) is 6.64. The first-order valence-corrected chi connectivity index (χ1v) is 11.6. The molecule has 2 unspecified atom stereocenters. The Hall–Kier alpha value is -2.71. The molecule has 0 saturated heterocycles. The van der Waals surface area contributed by atoms with E-state index in [1.165, 1.54) is 19.1 Å². The van der Waals surface area contributed by atoms with Crippen LogP contribution in [0, 0.1) is 5.92 Å². The number of carbonyl (C=O) groups excluding carboxylic acids is 2. The lowest BCUT2D eigenvalue weighted by atomic mass is 9.65. The van der Waals surface area contributed by atoms with Crippen LogP contribution in [0.5, 0.6) is 0 Å². The number of ketones is 1. The van der Waals surface area contributed by atoms with Crippen LogP contribution in [-0.2, 0) is 4.79 Å². The Balaban J connectivity index is 1.93. The molecule has 2 aromatic carbocycles. The van der Waals surface area contributed by atoms with Crippen LogP contribution in [0.1, 0.15) is 35.7 Å². The van der Waals surface area contributed by atoms with E-state index >= 15 is 0 Å². The van der Waals surface area contributed by atoms with Crippen molar-refractivity contribution >= 4 is 29.0 Å². The highest BCUT2D eigenvalue weighted by Crippen LogP contribution is 2.46. The van der Waals surface area contributed by atoms with E-state index in [1.54, 1.807) is 55.5 Å². The van der Waals surface area contributed by atoms with Gasteiger partial charge in [-0.1, -0.05) is 30.7 Å². The molecule has 182 valence electrons. The van der Waals surface area contributed by atoms with Gasteiger partial charge in [0.15, 0.2) is 11.5 Å². The zero-order chi connectivity index (χ0) is 25.1. The average Bonchev–Trinajstić information content (AvgIpc) is 2.78. The van der Waals surface area contributed by atoms with Gasteiger partial charge in [-0.15, -0.1) is 0 Å². The fourth-order valence-corrected chi connectivity index (χ4v) is 4.47. The lowest BCUT2D eigenvalue weighted by molar-refractivity contribution is -0.138. The monoisotopic (exact) mass is 485 g/mol. The van der Waals surface area contributed by atoms with Gasteiger partial charge in [-0.2, -0.15) is 0 Å². The molecule has 8 heteroatoms. The van der Waals surface area contributed by atoms with Crippen molar-refractivity contribution in [2.24, 2.45) is 5.92 Å². The molecule has 0 heterocycles. The van der Waals surface area contributed by atoms with E-state index in [0.717, 1.165) is 6.54 Å². The Labute approximate surface area is 205 Å². The number of aliphatic hydroxyl groups is 2. The van der Waals surface area contributed by atoms with Gasteiger partial charge < -0.3 is 25.7 Å². The topological polar surface area (TPSA) is 102 Å². The smallest absolute Gasteiger partial charge is 0.251 e. The maximum atomic E-state index is 12.5. The molecule has 0 fully saturated rings. The molecule has 2 aromatic rings. The summed E-state index contributed by atoms with van der Waals surface area (Å²) in [7, 11) is 3.87. The Morgan fingerprint density at radius 2 is 1.65 bits per heavy atom.